The molecule has 0 radical (unpaired) electrons. The van der Waals surface area contributed by atoms with E-state index < -0.39 is 27.5 Å². The van der Waals surface area contributed by atoms with Crippen LogP contribution in [0.4, 0.5) is 13.2 Å². The Morgan fingerprint density at radius 3 is 2.47 bits per heavy atom. The average molecular weight is 316 g/mol. The molecule has 0 aliphatic heterocycles. The van der Waals surface area contributed by atoms with Crippen LogP contribution in [0.15, 0.2) is 0 Å². The van der Waals surface area contributed by atoms with E-state index in [-0.39, 0.29) is 16.4 Å². The van der Waals surface area contributed by atoms with E-state index in [0.29, 0.717) is 6.54 Å². The Morgan fingerprint density at radius 2 is 2.00 bits per heavy atom. The highest BCUT2D eigenvalue weighted by atomic mass is 32.2. The first-order chi connectivity index (χ1) is 8.63. The van der Waals surface area contributed by atoms with Crippen molar-refractivity contribution >= 4 is 21.2 Å². The minimum absolute atomic E-state index is 0.0249. The van der Waals surface area contributed by atoms with Gasteiger partial charge >= 0.3 is 6.18 Å². The topological polar surface area (TPSA) is 59.1 Å². The van der Waals surface area contributed by atoms with Gasteiger partial charge in [0.25, 0.3) is 0 Å². The van der Waals surface area contributed by atoms with Gasteiger partial charge in [-0.3, -0.25) is 0 Å². The third-order valence-corrected chi connectivity index (χ3v) is 4.14. The second-order valence-electron chi connectivity index (χ2n) is 4.12. The van der Waals surface area contributed by atoms with Crippen LogP contribution in [-0.2, 0) is 28.3 Å². The van der Waals surface area contributed by atoms with E-state index >= 15 is 0 Å². The Kier molecular flexibility index (Phi) is 5.34. The number of sulfone groups is 1. The van der Waals surface area contributed by atoms with Crippen molar-refractivity contribution in [3.63, 3.8) is 0 Å². The van der Waals surface area contributed by atoms with Gasteiger partial charge in [-0.05, 0) is 13.0 Å². The number of hydrogen-bond donors (Lipinski definition) is 1. The lowest BCUT2D eigenvalue weighted by Gasteiger charge is -2.06. The Labute approximate surface area is 114 Å². The third-order valence-electron chi connectivity index (χ3n) is 2.11. The molecule has 1 aromatic heterocycles. The van der Waals surface area contributed by atoms with Gasteiger partial charge in [0, 0.05) is 12.8 Å². The highest BCUT2D eigenvalue weighted by Crippen LogP contribution is 2.34. The Morgan fingerprint density at radius 1 is 1.37 bits per heavy atom. The monoisotopic (exact) mass is 316 g/mol. The molecule has 19 heavy (non-hydrogen) atoms. The lowest BCUT2D eigenvalue weighted by molar-refractivity contribution is -0.141. The zero-order chi connectivity index (χ0) is 14.7. The van der Waals surface area contributed by atoms with Gasteiger partial charge in [0.1, 0.15) is 10.8 Å². The van der Waals surface area contributed by atoms with Crippen molar-refractivity contribution in [1.29, 1.82) is 0 Å². The zero-order valence-electron chi connectivity index (χ0n) is 10.5. The van der Waals surface area contributed by atoms with Crippen molar-refractivity contribution < 1.29 is 21.6 Å². The number of aromatic nitrogens is 1. The minimum atomic E-state index is -4.56. The van der Waals surface area contributed by atoms with Crippen LogP contribution in [0.25, 0.3) is 0 Å². The van der Waals surface area contributed by atoms with Gasteiger partial charge in [0.05, 0.1) is 4.88 Å². The molecule has 0 unspecified atom stereocenters. The van der Waals surface area contributed by atoms with Crippen LogP contribution in [-0.4, -0.2) is 26.2 Å². The number of halogens is 3. The summed E-state index contributed by atoms with van der Waals surface area (Å²) in [6.45, 7) is 2.54. The highest BCUT2D eigenvalue weighted by Gasteiger charge is 2.37. The lowest BCUT2D eigenvalue weighted by atomic mass is 10.3. The van der Waals surface area contributed by atoms with Crippen molar-refractivity contribution in [3.8, 4) is 0 Å². The molecular formula is C10H15F3N2O2S2. The Balaban J connectivity index is 2.99. The van der Waals surface area contributed by atoms with Crippen LogP contribution in [0.1, 0.15) is 28.9 Å². The fraction of sp³-hybridized carbons (Fsp3) is 0.700. The van der Waals surface area contributed by atoms with Crippen LogP contribution in [0.5, 0.6) is 0 Å². The van der Waals surface area contributed by atoms with Gasteiger partial charge in [0.2, 0.25) is 0 Å². The van der Waals surface area contributed by atoms with Gasteiger partial charge in [-0.2, -0.15) is 13.2 Å². The van der Waals surface area contributed by atoms with E-state index in [1.54, 1.807) is 0 Å². The molecule has 1 rings (SSSR count). The summed E-state index contributed by atoms with van der Waals surface area (Å²) in [5, 5.41) is 2.84. The molecule has 0 amide bonds. The first kappa shape index (κ1) is 16.4. The maximum Gasteiger partial charge on any atom is 0.434 e. The van der Waals surface area contributed by atoms with Crippen molar-refractivity contribution in [2.75, 3.05) is 12.8 Å². The number of alkyl halides is 3. The molecule has 110 valence electrons. The predicted octanol–water partition coefficient (Wildman–Crippen LogP) is 2.21. The smallest absolute Gasteiger partial charge is 0.312 e. The third kappa shape index (κ3) is 5.45. The summed E-state index contributed by atoms with van der Waals surface area (Å²) < 4.78 is 60.5. The number of thiazole rings is 1. The van der Waals surface area contributed by atoms with Gasteiger partial charge in [-0.15, -0.1) is 11.3 Å². The number of nitrogens with one attached hydrogen (secondary N) is 1. The molecule has 1 aromatic rings. The fourth-order valence-electron chi connectivity index (χ4n) is 1.41. The quantitative estimate of drug-likeness (QED) is 0.818. The van der Waals surface area contributed by atoms with E-state index in [9.17, 15) is 21.6 Å². The predicted molar refractivity (Wildman–Crippen MR) is 67.7 cm³/mol. The summed E-state index contributed by atoms with van der Waals surface area (Å²) in [6, 6.07) is 0. The zero-order valence-corrected chi connectivity index (χ0v) is 12.2. The van der Waals surface area contributed by atoms with E-state index in [2.05, 4.69) is 10.3 Å². The summed E-state index contributed by atoms with van der Waals surface area (Å²) >= 11 is 0.791. The molecule has 0 saturated carbocycles. The standard InChI is InChI=1S/C10H15F3N2O2S2/c1-3-4-14-5-7-9(10(11,12)13)15-8(18-7)6-19(2,16)17/h14H,3-6H2,1-2H3. The van der Waals surface area contributed by atoms with Crippen LogP contribution in [0, 0.1) is 0 Å². The molecule has 0 spiro atoms. The Hall–Kier alpha value is -0.670. The van der Waals surface area contributed by atoms with Crippen molar-refractivity contribution in [1.82, 2.24) is 10.3 Å². The molecule has 0 fully saturated rings. The van der Waals surface area contributed by atoms with Crippen LogP contribution >= 0.6 is 11.3 Å². The van der Waals surface area contributed by atoms with Crippen LogP contribution < -0.4 is 5.32 Å². The molecule has 1 heterocycles. The second kappa shape index (κ2) is 6.19. The van der Waals surface area contributed by atoms with Crippen molar-refractivity contribution in [2.45, 2.75) is 31.8 Å². The summed E-state index contributed by atoms with van der Waals surface area (Å²) in [5.41, 5.74) is -0.986. The van der Waals surface area contributed by atoms with Crippen LogP contribution in [0.3, 0.4) is 0 Å². The second-order valence-corrected chi connectivity index (χ2v) is 7.43. The normalized spacial score (nSPS) is 12.9. The number of rotatable bonds is 6. The van der Waals surface area contributed by atoms with Crippen molar-refractivity contribution in [2.24, 2.45) is 0 Å². The van der Waals surface area contributed by atoms with E-state index in [4.69, 9.17) is 0 Å². The summed E-state index contributed by atoms with van der Waals surface area (Å²) in [4.78, 5) is 3.45. The van der Waals surface area contributed by atoms with Gasteiger partial charge in [0.15, 0.2) is 15.5 Å². The molecule has 9 heteroatoms. The fourth-order valence-corrected chi connectivity index (χ4v) is 3.65. The molecular weight excluding hydrogens is 301 g/mol. The molecule has 0 aromatic carbocycles. The number of nitrogens with zero attached hydrogens (tertiary/aromatic N) is 1. The maximum atomic E-state index is 12.8. The van der Waals surface area contributed by atoms with E-state index in [1.807, 2.05) is 6.92 Å². The van der Waals surface area contributed by atoms with E-state index in [1.165, 1.54) is 0 Å². The molecule has 0 bridgehead atoms. The molecule has 0 atom stereocenters. The van der Waals surface area contributed by atoms with Gasteiger partial charge in [-0.25, -0.2) is 13.4 Å². The highest BCUT2D eigenvalue weighted by molar-refractivity contribution is 7.90. The minimum Gasteiger partial charge on any atom is -0.312 e. The van der Waals surface area contributed by atoms with Gasteiger partial charge < -0.3 is 5.32 Å². The Bertz CT molecular complexity index is 523. The maximum absolute atomic E-state index is 12.8. The molecule has 0 aliphatic rings. The molecule has 0 aliphatic carbocycles. The molecule has 0 saturated heterocycles. The summed E-state index contributed by atoms with van der Waals surface area (Å²) in [7, 11) is -3.39. The molecule has 4 nitrogen and oxygen atoms in total. The summed E-state index contributed by atoms with van der Waals surface area (Å²) in [5.74, 6) is -0.464. The SMILES string of the molecule is CCCNCc1sc(CS(C)(=O)=O)nc1C(F)(F)F. The molecule has 1 N–H and O–H groups in total. The summed E-state index contributed by atoms with van der Waals surface area (Å²) in [6.07, 6.45) is -2.79. The lowest BCUT2D eigenvalue weighted by Crippen LogP contribution is -2.17. The van der Waals surface area contributed by atoms with Crippen LogP contribution in [0.2, 0.25) is 0 Å². The largest absolute Gasteiger partial charge is 0.434 e. The van der Waals surface area contributed by atoms with Crippen molar-refractivity contribution in [3.05, 3.63) is 15.6 Å². The number of hydrogen-bond acceptors (Lipinski definition) is 5. The first-order valence-corrected chi connectivity index (χ1v) is 8.45. The van der Waals surface area contributed by atoms with E-state index in [0.717, 1.165) is 24.0 Å². The average Bonchev–Trinajstić information content (AvgIpc) is 2.58. The van der Waals surface area contributed by atoms with Gasteiger partial charge in [-0.1, -0.05) is 6.92 Å². The first-order valence-electron chi connectivity index (χ1n) is 5.57.